The molecule has 2 amide bonds. The molecule has 2 aromatic rings. The van der Waals surface area contributed by atoms with Crippen molar-refractivity contribution < 1.29 is 14.4 Å². The topological polar surface area (TPSA) is 92.3 Å². The number of Topliss-reactive ketones (excluding diaryl/α,β-unsaturated/α-hetero) is 1. The van der Waals surface area contributed by atoms with Crippen molar-refractivity contribution in [2.45, 2.75) is 49.4 Å². The summed E-state index contributed by atoms with van der Waals surface area (Å²) in [6.07, 6.45) is 2.44. The Hall–Kier alpha value is -2.26. The Bertz CT molecular complexity index is 954. The van der Waals surface area contributed by atoms with Gasteiger partial charge in [-0.25, -0.2) is 0 Å². The molecule has 28 heavy (non-hydrogen) atoms. The second-order valence-corrected chi connectivity index (χ2v) is 9.10. The van der Waals surface area contributed by atoms with Gasteiger partial charge in [0.25, 0.3) is 0 Å². The SMILES string of the molecule is CCC(=O)N(c1nnc(SCC(=O)c2ccc3c(c2)[C@@H](C)C(=O)N3)s1)C1CC1. The maximum absolute atomic E-state index is 12.6. The minimum Gasteiger partial charge on any atom is -0.325 e. The molecule has 1 N–H and O–H groups in total. The standard InChI is InChI=1S/C19H20N4O3S2/c1-3-16(25)23(12-5-6-12)18-21-22-19(28-18)27-9-15(24)11-4-7-14-13(8-11)10(2)17(26)20-14/h4,7-8,10,12H,3,5-6,9H2,1-2H3,(H,20,26)/t10-/m1/s1. The van der Waals surface area contributed by atoms with Gasteiger partial charge < -0.3 is 5.32 Å². The van der Waals surface area contributed by atoms with Crippen LogP contribution in [0.1, 0.15) is 54.9 Å². The molecule has 9 heteroatoms. The van der Waals surface area contributed by atoms with E-state index in [-0.39, 0.29) is 35.3 Å². The Balaban J connectivity index is 1.41. The van der Waals surface area contributed by atoms with Crippen molar-refractivity contribution in [1.82, 2.24) is 10.2 Å². The number of rotatable bonds is 7. The summed E-state index contributed by atoms with van der Waals surface area (Å²) in [5, 5.41) is 11.7. The number of amides is 2. The molecule has 2 aliphatic rings. The first-order valence-electron chi connectivity index (χ1n) is 9.24. The van der Waals surface area contributed by atoms with Gasteiger partial charge in [0.1, 0.15) is 0 Å². The van der Waals surface area contributed by atoms with Crippen LogP contribution in [0.25, 0.3) is 0 Å². The number of fused-ring (bicyclic) bond motifs is 1. The van der Waals surface area contributed by atoms with Gasteiger partial charge in [-0.2, -0.15) is 0 Å². The highest BCUT2D eigenvalue weighted by Crippen LogP contribution is 2.37. The Labute approximate surface area is 170 Å². The molecule has 1 aromatic heterocycles. The van der Waals surface area contributed by atoms with Gasteiger partial charge in [-0.15, -0.1) is 10.2 Å². The maximum atomic E-state index is 12.6. The fraction of sp³-hybridized carbons (Fsp3) is 0.421. The Morgan fingerprint density at radius 2 is 2.11 bits per heavy atom. The van der Waals surface area contributed by atoms with Crippen molar-refractivity contribution in [1.29, 1.82) is 0 Å². The van der Waals surface area contributed by atoms with Gasteiger partial charge in [0.05, 0.1) is 11.7 Å². The summed E-state index contributed by atoms with van der Waals surface area (Å²) < 4.78 is 0.671. The molecule has 0 spiro atoms. The molecule has 0 unspecified atom stereocenters. The van der Waals surface area contributed by atoms with Crippen LogP contribution >= 0.6 is 23.1 Å². The number of carbonyl (C=O) groups is 3. The van der Waals surface area contributed by atoms with E-state index in [0.717, 1.165) is 24.1 Å². The fourth-order valence-electron chi connectivity index (χ4n) is 3.13. The summed E-state index contributed by atoms with van der Waals surface area (Å²) in [4.78, 5) is 38.3. The van der Waals surface area contributed by atoms with E-state index in [2.05, 4.69) is 15.5 Å². The summed E-state index contributed by atoms with van der Waals surface area (Å²) in [5.74, 6) is -0.0294. The van der Waals surface area contributed by atoms with Crippen molar-refractivity contribution in [3.63, 3.8) is 0 Å². The molecular weight excluding hydrogens is 396 g/mol. The van der Waals surface area contributed by atoms with Crippen LogP contribution in [-0.4, -0.2) is 39.6 Å². The molecule has 1 fully saturated rings. The van der Waals surface area contributed by atoms with Gasteiger partial charge in [0.2, 0.25) is 16.9 Å². The zero-order chi connectivity index (χ0) is 19.8. The lowest BCUT2D eigenvalue weighted by atomic mass is 9.99. The molecule has 1 aliphatic carbocycles. The predicted octanol–water partition coefficient (Wildman–Crippen LogP) is 3.47. The molecule has 0 saturated heterocycles. The van der Waals surface area contributed by atoms with E-state index in [1.807, 2.05) is 13.8 Å². The summed E-state index contributed by atoms with van der Waals surface area (Å²) in [6, 6.07) is 5.55. The highest BCUT2D eigenvalue weighted by Gasteiger charge is 2.35. The number of benzene rings is 1. The quantitative estimate of drug-likeness (QED) is 0.422. The zero-order valence-electron chi connectivity index (χ0n) is 15.6. The van der Waals surface area contributed by atoms with Crippen LogP contribution in [0.2, 0.25) is 0 Å². The van der Waals surface area contributed by atoms with E-state index in [0.29, 0.717) is 21.5 Å². The number of nitrogens with one attached hydrogen (secondary N) is 1. The lowest BCUT2D eigenvalue weighted by Crippen LogP contribution is -2.32. The third-order valence-corrected chi connectivity index (χ3v) is 6.96. The van der Waals surface area contributed by atoms with Crippen molar-refractivity contribution in [2.24, 2.45) is 0 Å². The summed E-state index contributed by atoms with van der Waals surface area (Å²) in [5.41, 5.74) is 2.22. The number of thioether (sulfide) groups is 1. The van der Waals surface area contributed by atoms with Crippen molar-refractivity contribution in [2.75, 3.05) is 16.0 Å². The van der Waals surface area contributed by atoms with Gasteiger partial charge in [0, 0.05) is 23.7 Å². The molecule has 7 nitrogen and oxygen atoms in total. The molecule has 146 valence electrons. The average molecular weight is 417 g/mol. The second-order valence-electron chi connectivity index (χ2n) is 6.92. The number of ketones is 1. The van der Waals surface area contributed by atoms with Gasteiger partial charge >= 0.3 is 0 Å². The molecule has 2 heterocycles. The highest BCUT2D eigenvalue weighted by atomic mass is 32.2. The molecule has 1 atom stereocenters. The van der Waals surface area contributed by atoms with Gasteiger partial charge in [-0.05, 0) is 43.5 Å². The Morgan fingerprint density at radius 1 is 1.32 bits per heavy atom. The van der Waals surface area contributed by atoms with Crippen LogP contribution in [-0.2, 0) is 9.59 Å². The Morgan fingerprint density at radius 3 is 2.82 bits per heavy atom. The summed E-state index contributed by atoms with van der Waals surface area (Å²) in [7, 11) is 0. The molecule has 1 aromatic carbocycles. The number of hydrogen-bond acceptors (Lipinski definition) is 7. The van der Waals surface area contributed by atoms with Crippen LogP contribution in [0.5, 0.6) is 0 Å². The monoisotopic (exact) mass is 416 g/mol. The average Bonchev–Trinajstić information content (AvgIpc) is 3.35. The number of aromatic nitrogens is 2. The minimum absolute atomic E-state index is 0.0280. The molecule has 4 rings (SSSR count). The first kappa shape index (κ1) is 19.1. The van der Waals surface area contributed by atoms with E-state index in [9.17, 15) is 14.4 Å². The third kappa shape index (κ3) is 3.68. The van der Waals surface area contributed by atoms with Gasteiger partial charge in [-0.3, -0.25) is 19.3 Å². The predicted molar refractivity (Wildman–Crippen MR) is 109 cm³/mol. The smallest absolute Gasteiger partial charge is 0.231 e. The Kier molecular flexibility index (Phi) is 5.20. The van der Waals surface area contributed by atoms with Crippen LogP contribution in [0.15, 0.2) is 22.5 Å². The van der Waals surface area contributed by atoms with Crippen LogP contribution in [0.4, 0.5) is 10.8 Å². The van der Waals surface area contributed by atoms with E-state index < -0.39 is 0 Å². The van der Waals surface area contributed by atoms with E-state index in [4.69, 9.17) is 0 Å². The first-order chi connectivity index (χ1) is 13.5. The van der Waals surface area contributed by atoms with E-state index >= 15 is 0 Å². The minimum atomic E-state index is -0.245. The van der Waals surface area contributed by atoms with Crippen LogP contribution in [0, 0.1) is 0 Å². The summed E-state index contributed by atoms with van der Waals surface area (Å²) >= 11 is 2.67. The number of carbonyl (C=O) groups excluding carboxylic acids is 3. The third-order valence-electron chi connectivity index (χ3n) is 4.90. The summed E-state index contributed by atoms with van der Waals surface area (Å²) in [6.45, 7) is 3.67. The molecule has 0 bridgehead atoms. The number of nitrogens with zero attached hydrogens (tertiary/aromatic N) is 3. The maximum Gasteiger partial charge on any atom is 0.231 e. The highest BCUT2D eigenvalue weighted by molar-refractivity contribution is 8.01. The second kappa shape index (κ2) is 7.63. The lowest BCUT2D eigenvalue weighted by molar-refractivity contribution is -0.118. The number of anilines is 2. The van der Waals surface area contributed by atoms with E-state index in [1.165, 1.54) is 23.1 Å². The molecule has 0 radical (unpaired) electrons. The van der Waals surface area contributed by atoms with Crippen molar-refractivity contribution >= 4 is 51.5 Å². The van der Waals surface area contributed by atoms with Crippen molar-refractivity contribution in [3.05, 3.63) is 29.3 Å². The normalized spacial score (nSPS) is 17.9. The van der Waals surface area contributed by atoms with Gasteiger partial charge in [-0.1, -0.05) is 30.0 Å². The van der Waals surface area contributed by atoms with Crippen molar-refractivity contribution in [3.8, 4) is 0 Å². The van der Waals surface area contributed by atoms with Crippen LogP contribution in [0.3, 0.4) is 0 Å². The molecular formula is C19H20N4O3S2. The first-order valence-corrected chi connectivity index (χ1v) is 11.0. The number of hydrogen-bond donors (Lipinski definition) is 1. The lowest BCUT2D eigenvalue weighted by Gasteiger charge is -2.17. The van der Waals surface area contributed by atoms with Crippen LogP contribution < -0.4 is 10.2 Å². The molecule has 1 saturated carbocycles. The fourth-order valence-corrected chi connectivity index (χ4v) is 4.95. The molecule has 1 aliphatic heterocycles. The largest absolute Gasteiger partial charge is 0.325 e. The van der Waals surface area contributed by atoms with Gasteiger partial charge in [0.15, 0.2) is 10.1 Å². The van der Waals surface area contributed by atoms with E-state index in [1.54, 1.807) is 23.1 Å². The zero-order valence-corrected chi connectivity index (χ0v) is 17.2.